The van der Waals surface area contributed by atoms with Crippen LogP contribution in [0.15, 0.2) is 59.0 Å². The molecule has 4 aromatic rings. The Labute approximate surface area is 195 Å². The first kappa shape index (κ1) is 24.2. The van der Waals surface area contributed by atoms with E-state index in [1.807, 2.05) is 0 Å². The maximum Gasteiger partial charge on any atom is 0.416 e. The summed E-state index contributed by atoms with van der Waals surface area (Å²) in [5.41, 5.74) is -0.377. The predicted molar refractivity (Wildman–Crippen MR) is 115 cm³/mol. The van der Waals surface area contributed by atoms with Gasteiger partial charge in [0.1, 0.15) is 29.6 Å². The Kier molecular flexibility index (Phi) is 6.49. The van der Waals surface area contributed by atoms with E-state index in [1.165, 1.54) is 19.2 Å². The molecule has 0 aliphatic carbocycles. The number of furan rings is 1. The quantitative estimate of drug-likeness (QED) is 0.254. The third-order valence-electron chi connectivity index (χ3n) is 5.19. The Bertz CT molecular complexity index is 1370. The summed E-state index contributed by atoms with van der Waals surface area (Å²) in [7, 11) is 1.34. The van der Waals surface area contributed by atoms with Gasteiger partial charge in [-0.1, -0.05) is 12.1 Å². The Hall–Kier alpha value is -3.92. The zero-order valence-corrected chi connectivity index (χ0v) is 18.1. The number of hydrogen-bond acceptors (Lipinski definition) is 5. The summed E-state index contributed by atoms with van der Waals surface area (Å²) in [4.78, 5) is 13.1. The van der Waals surface area contributed by atoms with Crippen molar-refractivity contribution in [1.29, 1.82) is 0 Å². The smallest absolute Gasteiger partial charge is 0.416 e. The second-order valence-corrected chi connectivity index (χ2v) is 7.57. The van der Waals surface area contributed by atoms with Gasteiger partial charge in [-0.15, -0.1) is 0 Å². The minimum atomic E-state index is -4.56. The van der Waals surface area contributed by atoms with Crippen LogP contribution in [0, 0.1) is 11.6 Å². The Morgan fingerprint density at radius 1 is 0.971 bits per heavy atom. The van der Waals surface area contributed by atoms with E-state index in [1.54, 1.807) is 0 Å². The molecule has 0 atom stereocenters. The van der Waals surface area contributed by atoms with Crippen LogP contribution in [0.5, 0.6) is 5.75 Å². The fraction of sp³-hybridized carbons (Fsp3) is 0.160. The van der Waals surface area contributed by atoms with Crippen molar-refractivity contribution in [1.82, 2.24) is 0 Å². The number of hydrogen-bond donors (Lipinski definition) is 1. The van der Waals surface area contributed by atoms with Gasteiger partial charge in [-0.2, -0.15) is 13.2 Å². The average Bonchev–Trinajstić information content (AvgIpc) is 3.20. The highest BCUT2D eigenvalue weighted by Gasteiger charge is 2.31. The normalized spacial score (nSPS) is 11.6. The third-order valence-corrected chi connectivity index (χ3v) is 5.19. The molecule has 4 rings (SSSR count). The molecule has 0 amide bonds. The Morgan fingerprint density at radius 3 is 2.20 bits per heavy atom. The lowest BCUT2D eigenvalue weighted by Gasteiger charge is -2.09. The number of ether oxygens (including phenoxy) is 2. The summed E-state index contributed by atoms with van der Waals surface area (Å²) in [5, 5.41) is 9.78. The largest absolute Gasteiger partial charge is 0.493 e. The molecular formula is C25H17F5O5. The molecule has 0 aliphatic rings. The minimum absolute atomic E-state index is 0.0494. The number of benzene rings is 3. The molecule has 1 aromatic heterocycles. The molecule has 0 saturated carbocycles. The molecule has 182 valence electrons. The van der Waals surface area contributed by atoms with Crippen LogP contribution in [0.2, 0.25) is 0 Å². The van der Waals surface area contributed by atoms with Crippen LogP contribution in [0.1, 0.15) is 27.0 Å². The molecule has 1 heterocycles. The van der Waals surface area contributed by atoms with E-state index in [0.29, 0.717) is 11.6 Å². The maximum absolute atomic E-state index is 13.5. The van der Waals surface area contributed by atoms with Crippen LogP contribution >= 0.6 is 0 Å². The van der Waals surface area contributed by atoms with Gasteiger partial charge in [-0.25, -0.2) is 13.6 Å². The fourth-order valence-corrected chi connectivity index (χ4v) is 3.60. The van der Waals surface area contributed by atoms with Gasteiger partial charge in [0.2, 0.25) is 0 Å². The molecular weight excluding hydrogens is 475 g/mol. The van der Waals surface area contributed by atoms with Crippen molar-refractivity contribution in [2.75, 3.05) is 7.11 Å². The number of halogens is 5. The molecule has 3 aromatic carbocycles. The molecule has 0 unspecified atom stereocenters. The lowest BCUT2D eigenvalue weighted by atomic mass is 10.0. The van der Waals surface area contributed by atoms with Crippen molar-refractivity contribution >= 4 is 16.9 Å². The SMILES string of the molecule is COc1cc(CO)cc2c(C(=O)OCc3cc(F)cc(F)c3)c(-c3ccc(C(F)(F)F)cc3)oc12. The van der Waals surface area contributed by atoms with Crippen LogP contribution < -0.4 is 4.74 Å². The lowest BCUT2D eigenvalue weighted by molar-refractivity contribution is -0.137. The molecule has 0 aliphatic heterocycles. The van der Waals surface area contributed by atoms with Crippen molar-refractivity contribution in [2.24, 2.45) is 0 Å². The molecule has 0 saturated heterocycles. The number of aliphatic hydroxyl groups is 1. The second-order valence-electron chi connectivity index (χ2n) is 7.57. The lowest BCUT2D eigenvalue weighted by Crippen LogP contribution is -2.07. The van der Waals surface area contributed by atoms with Crippen LogP contribution in [-0.2, 0) is 24.1 Å². The van der Waals surface area contributed by atoms with Gasteiger partial charge in [0.15, 0.2) is 11.3 Å². The van der Waals surface area contributed by atoms with E-state index in [4.69, 9.17) is 13.9 Å². The van der Waals surface area contributed by atoms with E-state index in [0.717, 1.165) is 36.4 Å². The van der Waals surface area contributed by atoms with Crippen molar-refractivity contribution in [3.05, 3.63) is 88.5 Å². The van der Waals surface area contributed by atoms with Crippen LogP contribution in [0.4, 0.5) is 22.0 Å². The topological polar surface area (TPSA) is 68.9 Å². The molecule has 0 bridgehead atoms. The molecule has 0 radical (unpaired) electrons. The monoisotopic (exact) mass is 492 g/mol. The number of rotatable bonds is 6. The van der Waals surface area contributed by atoms with E-state index in [-0.39, 0.29) is 39.2 Å². The molecule has 0 spiro atoms. The zero-order chi connectivity index (χ0) is 25.3. The molecule has 1 N–H and O–H groups in total. The number of aliphatic hydroxyl groups excluding tert-OH is 1. The zero-order valence-electron chi connectivity index (χ0n) is 18.1. The fourth-order valence-electron chi connectivity index (χ4n) is 3.60. The molecule has 10 heteroatoms. The van der Waals surface area contributed by atoms with Crippen molar-refractivity contribution < 1.29 is 45.7 Å². The summed E-state index contributed by atoms with van der Waals surface area (Å²) in [6, 6.07) is 9.53. The minimum Gasteiger partial charge on any atom is -0.493 e. The van der Waals surface area contributed by atoms with Crippen LogP contribution in [0.3, 0.4) is 0 Å². The van der Waals surface area contributed by atoms with Gasteiger partial charge < -0.3 is 19.0 Å². The van der Waals surface area contributed by atoms with E-state index >= 15 is 0 Å². The van der Waals surface area contributed by atoms with Gasteiger partial charge >= 0.3 is 12.1 Å². The van der Waals surface area contributed by atoms with E-state index in [2.05, 4.69) is 0 Å². The summed E-state index contributed by atoms with van der Waals surface area (Å²) < 4.78 is 82.4. The second kappa shape index (κ2) is 9.38. The van der Waals surface area contributed by atoms with Gasteiger partial charge in [0.25, 0.3) is 0 Å². The van der Waals surface area contributed by atoms with Crippen molar-refractivity contribution in [2.45, 2.75) is 19.4 Å². The van der Waals surface area contributed by atoms with Crippen molar-refractivity contribution in [3.63, 3.8) is 0 Å². The van der Waals surface area contributed by atoms with E-state index < -0.39 is 42.6 Å². The highest BCUT2D eigenvalue weighted by atomic mass is 19.4. The Balaban J connectivity index is 1.82. The summed E-state index contributed by atoms with van der Waals surface area (Å²) in [5.74, 6) is -2.59. The first-order chi connectivity index (χ1) is 16.6. The standard InChI is InChI=1S/C25H17F5O5/c1-33-20-9-13(11-31)8-19-21(24(32)34-12-14-6-17(26)10-18(27)7-14)22(35-23(19)20)15-2-4-16(5-3-15)25(28,29)30/h2-10,31H,11-12H2,1H3. The summed E-state index contributed by atoms with van der Waals surface area (Å²) in [6.07, 6.45) is -4.56. The molecule has 0 fully saturated rings. The summed E-state index contributed by atoms with van der Waals surface area (Å²) in [6.45, 7) is -0.881. The van der Waals surface area contributed by atoms with Crippen molar-refractivity contribution in [3.8, 4) is 17.1 Å². The van der Waals surface area contributed by atoms with Crippen LogP contribution in [0.25, 0.3) is 22.3 Å². The predicted octanol–water partition coefficient (Wildman–Crippen LogP) is 6.25. The highest BCUT2D eigenvalue weighted by Crippen LogP contribution is 2.40. The average molecular weight is 492 g/mol. The number of carbonyl (C=O) groups excluding carboxylic acids is 1. The van der Waals surface area contributed by atoms with E-state index in [9.17, 15) is 31.9 Å². The molecule has 5 nitrogen and oxygen atoms in total. The summed E-state index contributed by atoms with van der Waals surface area (Å²) >= 11 is 0. The van der Waals surface area contributed by atoms with Gasteiger partial charge in [-0.3, -0.25) is 0 Å². The van der Waals surface area contributed by atoms with Gasteiger partial charge in [0.05, 0.1) is 19.3 Å². The van der Waals surface area contributed by atoms with Gasteiger partial charge in [-0.05, 0) is 47.5 Å². The first-order valence-corrected chi connectivity index (χ1v) is 10.1. The number of methoxy groups -OCH3 is 1. The maximum atomic E-state index is 13.5. The third kappa shape index (κ3) is 4.97. The highest BCUT2D eigenvalue weighted by molar-refractivity contribution is 6.10. The first-order valence-electron chi connectivity index (χ1n) is 10.1. The molecule has 35 heavy (non-hydrogen) atoms. The number of alkyl halides is 3. The Morgan fingerprint density at radius 2 is 1.63 bits per heavy atom. The van der Waals surface area contributed by atoms with Crippen LogP contribution in [-0.4, -0.2) is 18.2 Å². The van der Waals surface area contributed by atoms with Gasteiger partial charge in [0, 0.05) is 17.0 Å². The number of carbonyl (C=O) groups is 1. The number of fused-ring (bicyclic) bond motifs is 1. The number of esters is 1.